The van der Waals surface area contributed by atoms with Crippen LogP contribution < -0.4 is 0 Å². The highest BCUT2D eigenvalue weighted by Gasteiger charge is 2.50. The molecule has 0 heterocycles. The van der Waals surface area contributed by atoms with Gasteiger partial charge in [-0.1, -0.05) is 0 Å². The zero-order valence-electron chi connectivity index (χ0n) is 9.39. The van der Waals surface area contributed by atoms with Crippen molar-refractivity contribution in [2.24, 2.45) is 11.8 Å². The Labute approximate surface area is 83.0 Å². The summed E-state index contributed by atoms with van der Waals surface area (Å²) in [6, 6.07) is 0. The van der Waals surface area contributed by atoms with Gasteiger partial charge in [0.15, 0.2) is 8.32 Å². The van der Waals surface area contributed by atoms with E-state index in [0.717, 1.165) is 11.8 Å². The third-order valence-electron chi connectivity index (χ3n) is 3.64. The Morgan fingerprint density at radius 1 is 1.23 bits per heavy atom. The van der Waals surface area contributed by atoms with Gasteiger partial charge in [0.05, 0.1) is 5.60 Å². The summed E-state index contributed by atoms with van der Waals surface area (Å²) in [7, 11) is -1.33. The third-order valence-corrected chi connectivity index (χ3v) is 4.72. The van der Waals surface area contributed by atoms with E-state index in [-0.39, 0.29) is 5.60 Å². The van der Waals surface area contributed by atoms with Crippen LogP contribution in [0.5, 0.6) is 0 Å². The first-order chi connectivity index (χ1) is 5.89. The Morgan fingerprint density at radius 3 is 2.31 bits per heavy atom. The summed E-state index contributed by atoms with van der Waals surface area (Å²) in [4.78, 5) is 0. The molecule has 2 heteroatoms. The van der Waals surface area contributed by atoms with E-state index in [1.165, 1.54) is 25.7 Å². The highest BCUT2D eigenvalue weighted by Crippen LogP contribution is 2.53. The van der Waals surface area contributed by atoms with Crippen LogP contribution >= 0.6 is 0 Å². The first-order valence-electron chi connectivity index (χ1n) is 5.59. The summed E-state index contributed by atoms with van der Waals surface area (Å²) in [6.07, 6.45) is 5.67. The summed E-state index contributed by atoms with van der Waals surface area (Å²) in [5, 5.41) is 0. The van der Waals surface area contributed by atoms with Crippen LogP contribution in [0.3, 0.4) is 0 Å². The number of rotatable bonds is 2. The van der Waals surface area contributed by atoms with Crippen LogP contribution in [0.25, 0.3) is 0 Å². The zero-order valence-corrected chi connectivity index (χ0v) is 10.4. The molecule has 2 fully saturated rings. The van der Waals surface area contributed by atoms with Crippen LogP contribution in [-0.2, 0) is 4.43 Å². The standard InChI is InChI=1S/C11H22OSi/c1-11(12-13(2,3)4)8-9-5-6-10(11)7-9/h9-10H,5-8H2,1-4H3/t9-,10+,11-/m0/s1. The lowest BCUT2D eigenvalue weighted by Gasteiger charge is -2.39. The summed E-state index contributed by atoms with van der Waals surface area (Å²) >= 11 is 0. The van der Waals surface area contributed by atoms with Crippen LogP contribution in [0, 0.1) is 11.8 Å². The lowest BCUT2D eigenvalue weighted by atomic mass is 9.86. The first kappa shape index (κ1) is 9.72. The maximum Gasteiger partial charge on any atom is 0.184 e. The highest BCUT2D eigenvalue weighted by molar-refractivity contribution is 6.69. The molecule has 0 aromatic carbocycles. The van der Waals surface area contributed by atoms with E-state index in [1.54, 1.807) is 0 Å². The van der Waals surface area contributed by atoms with Crippen molar-refractivity contribution in [2.45, 2.75) is 57.8 Å². The summed E-state index contributed by atoms with van der Waals surface area (Å²) < 4.78 is 6.36. The van der Waals surface area contributed by atoms with E-state index in [1.807, 2.05) is 0 Å². The topological polar surface area (TPSA) is 9.23 Å². The molecule has 0 amide bonds. The summed E-state index contributed by atoms with van der Waals surface area (Å²) in [5.41, 5.74) is 0.257. The van der Waals surface area contributed by atoms with E-state index < -0.39 is 8.32 Å². The molecule has 0 saturated heterocycles. The molecule has 3 atom stereocenters. The largest absolute Gasteiger partial charge is 0.412 e. The minimum Gasteiger partial charge on any atom is -0.412 e. The van der Waals surface area contributed by atoms with Crippen LogP contribution in [0.4, 0.5) is 0 Å². The van der Waals surface area contributed by atoms with Crippen molar-refractivity contribution in [3.63, 3.8) is 0 Å². The van der Waals surface area contributed by atoms with Gasteiger partial charge in [-0.05, 0) is 64.1 Å². The first-order valence-corrected chi connectivity index (χ1v) is 9.00. The molecule has 0 N–H and O–H groups in total. The van der Waals surface area contributed by atoms with Gasteiger partial charge in [0.1, 0.15) is 0 Å². The van der Waals surface area contributed by atoms with Crippen molar-refractivity contribution in [3.8, 4) is 0 Å². The molecule has 2 aliphatic carbocycles. The molecular formula is C11H22OSi. The van der Waals surface area contributed by atoms with Crippen LogP contribution in [0.2, 0.25) is 19.6 Å². The fraction of sp³-hybridized carbons (Fsp3) is 1.00. The Morgan fingerprint density at radius 2 is 1.92 bits per heavy atom. The Bertz CT molecular complexity index is 209. The smallest absolute Gasteiger partial charge is 0.184 e. The molecule has 0 radical (unpaired) electrons. The van der Waals surface area contributed by atoms with Crippen LogP contribution in [-0.4, -0.2) is 13.9 Å². The maximum absolute atomic E-state index is 6.36. The van der Waals surface area contributed by atoms with E-state index in [0.29, 0.717) is 0 Å². The van der Waals surface area contributed by atoms with Gasteiger partial charge in [-0.3, -0.25) is 0 Å². The predicted molar refractivity (Wildman–Crippen MR) is 58.3 cm³/mol. The van der Waals surface area contributed by atoms with Gasteiger partial charge >= 0.3 is 0 Å². The quantitative estimate of drug-likeness (QED) is 0.618. The molecule has 0 unspecified atom stereocenters. The van der Waals surface area contributed by atoms with Gasteiger partial charge in [-0.25, -0.2) is 0 Å². The Balaban J connectivity index is 2.06. The SMILES string of the molecule is C[C@]1(O[Si](C)(C)C)C[C@H]2CC[C@@H]1C2. The van der Waals surface area contributed by atoms with Crippen molar-refractivity contribution in [1.29, 1.82) is 0 Å². The third kappa shape index (κ3) is 1.84. The molecule has 13 heavy (non-hydrogen) atoms. The average Bonchev–Trinajstić information content (AvgIpc) is 2.39. The van der Waals surface area contributed by atoms with Gasteiger partial charge in [0.25, 0.3) is 0 Å². The zero-order chi connectivity index (χ0) is 9.69. The second kappa shape index (κ2) is 2.83. The Kier molecular flexibility index (Phi) is 2.12. The van der Waals surface area contributed by atoms with E-state index in [9.17, 15) is 0 Å². The van der Waals surface area contributed by atoms with E-state index in [4.69, 9.17) is 4.43 Å². The van der Waals surface area contributed by atoms with Crippen LogP contribution in [0.15, 0.2) is 0 Å². The van der Waals surface area contributed by atoms with Crippen molar-refractivity contribution in [1.82, 2.24) is 0 Å². The lowest BCUT2D eigenvalue weighted by Crippen LogP contribution is -2.44. The molecule has 0 aromatic heterocycles. The number of fused-ring (bicyclic) bond motifs is 2. The van der Waals surface area contributed by atoms with Gasteiger partial charge in [-0.2, -0.15) is 0 Å². The van der Waals surface area contributed by atoms with Gasteiger partial charge in [0.2, 0.25) is 0 Å². The molecule has 2 saturated carbocycles. The second-order valence-electron chi connectivity index (χ2n) is 6.11. The number of hydrogen-bond acceptors (Lipinski definition) is 1. The fourth-order valence-corrected chi connectivity index (χ4v) is 5.03. The van der Waals surface area contributed by atoms with Gasteiger partial charge in [0, 0.05) is 0 Å². The van der Waals surface area contributed by atoms with E-state index in [2.05, 4.69) is 26.6 Å². The highest BCUT2D eigenvalue weighted by atomic mass is 28.4. The van der Waals surface area contributed by atoms with Crippen molar-refractivity contribution in [2.75, 3.05) is 0 Å². The molecule has 2 bridgehead atoms. The monoisotopic (exact) mass is 198 g/mol. The van der Waals surface area contributed by atoms with Gasteiger partial charge in [-0.15, -0.1) is 0 Å². The predicted octanol–water partition coefficient (Wildman–Crippen LogP) is 3.42. The second-order valence-corrected chi connectivity index (χ2v) is 10.5. The number of hydrogen-bond donors (Lipinski definition) is 0. The molecule has 0 spiro atoms. The summed E-state index contributed by atoms with van der Waals surface area (Å²) in [5.74, 6) is 1.87. The van der Waals surface area contributed by atoms with E-state index >= 15 is 0 Å². The normalized spacial score (nSPS) is 44.3. The lowest BCUT2D eigenvalue weighted by molar-refractivity contribution is 0.0238. The molecular weight excluding hydrogens is 176 g/mol. The maximum atomic E-state index is 6.36. The molecule has 0 aliphatic heterocycles. The molecule has 2 rings (SSSR count). The molecule has 2 aliphatic rings. The minimum absolute atomic E-state index is 0.257. The van der Waals surface area contributed by atoms with Crippen molar-refractivity contribution >= 4 is 8.32 Å². The van der Waals surface area contributed by atoms with Gasteiger partial charge < -0.3 is 4.43 Å². The summed E-state index contributed by atoms with van der Waals surface area (Å²) in [6.45, 7) is 9.29. The fourth-order valence-electron chi connectivity index (χ4n) is 3.38. The Hall–Kier alpha value is 0.177. The molecule has 76 valence electrons. The van der Waals surface area contributed by atoms with Crippen molar-refractivity contribution < 1.29 is 4.43 Å². The van der Waals surface area contributed by atoms with Crippen LogP contribution in [0.1, 0.15) is 32.6 Å². The molecule has 1 nitrogen and oxygen atoms in total. The minimum atomic E-state index is -1.33. The molecule has 0 aromatic rings. The van der Waals surface area contributed by atoms with Crippen molar-refractivity contribution in [3.05, 3.63) is 0 Å². The average molecular weight is 198 g/mol.